The van der Waals surface area contributed by atoms with Gasteiger partial charge in [-0.05, 0) is 29.7 Å². The zero-order valence-corrected chi connectivity index (χ0v) is 17.7. The summed E-state index contributed by atoms with van der Waals surface area (Å²) in [7, 11) is 0.0951. The summed E-state index contributed by atoms with van der Waals surface area (Å²) in [5.41, 5.74) is 1.40. The number of hydrogen-bond donors (Lipinski definition) is 1. The third kappa shape index (κ3) is 4.15. The van der Waals surface area contributed by atoms with Gasteiger partial charge in [-0.2, -0.15) is 0 Å². The van der Waals surface area contributed by atoms with E-state index in [2.05, 4.69) is 16.3 Å². The summed E-state index contributed by atoms with van der Waals surface area (Å²) in [4.78, 5) is 16.3. The van der Waals surface area contributed by atoms with Gasteiger partial charge in [0.15, 0.2) is 5.82 Å². The molecule has 0 bridgehead atoms. The Labute approximate surface area is 184 Å². The van der Waals surface area contributed by atoms with Crippen LogP contribution in [0.3, 0.4) is 0 Å². The Morgan fingerprint density at radius 2 is 1.88 bits per heavy atom. The van der Waals surface area contributed by atoms with E-state index in [-0.39, 0.29) is 11.3 Å². The molecule has 2 heterocycles. The van der Waals surface area contributed by atoms with Gasteiger partial charge in [0, 0.05) is 46.9 Å². The Morgan fingerprint density at radius 3 is 2.59 bits per heavy atom. The molecular formula is C23H17F2N3O3S. The van der Waals surface area contributed by atoms with Gasteiger partial charge in [0.1, 0.15) is 22.6 Å². The zero-order chi connectivity index (χ0) is 22.8. The quantitative estimate of drug-likeness (QED) is 0.451. The van der Waals surface area contributed by atoms with Gasteiger partial charge in [-0.25, -0.2) is 18.0 Å². The molecule has 32 heavy (non-hydrogen) atoms. The Balaban J connectivity index is 1.94. The molecule has 0 saturated heterocycles. The van der Waals surface area contributed by atoms with Crippen molar-refractivity contribution in [3.8, 4) is 22.8 Å². The highest BCUT2D eigenvalue weighted by Crippen LogP contribution is 2.38. The summed E-state index contributed by atoms with van der Waals surface area (Å²) in [5, 5.41) is 2.37. The maximum Gasteiger partial charge on any atom is 0.258 e. The van der Waals surface area contributed by atoms with Gasteiger partial charge in [-0.1, -0.05) is 24.8 Å². The number of nitrogens with zero attached hydrogens (tertiary/aromatic N) is 2. The highest BCUT2D eigenvalue weighted by Gasteiger charge is 2.17. The van der Waals surface area contributed by atoms with Crippen molar-refractivity contribution in [1.29, 1.82) is 0 Å². The number of halogens is 2. The number of aromatic nitrogens is 2. The van der Waals surface area contributed by atoms with Crippen LogP contribution in [-0.2, 0) is 18.0 Å². The number of rotatable bonds is 6. The molecule has 1 N–H and O–H groups in total. The average molecular weight is 453 g/mol. The average Bonchev–Trinajstić information content (AvgIpc) is 2.79. The summed E-state index contributed by atoms with van der Waals surface area (Å²) in [6.07, 6.45) is 2.48. The van der Waals surface area contributed by atoms with E-state index in [0.717, 1.165) is 6.20 Å². The number of anilines is 1. The van der Waals surface area contributed by atoms with Gasteiger partial charge in [-0.3, -0.25) is 4.79 Å². The molecule has 0 aliphatic heterocycles. The molecule has 0 aliphatic carbocycles. The van der Waals surface area contributed by atoms with E-state index < -0.39 is 28.5 Å². The lowest BCUT2D eigenvalue weighted by atomic mass is 9.99. The minimum Gasteiger partial charge on any atom is -0.436 e. The summed E-state index contributed by atoms with van der Waals surface area (Å²) >= 11 is 0. The second-order valence-electron chi connectivity index (χ2n) is 6.82. The molecule has 4 rings (SSSR count). The fourth-order valence-electron chi connectivity index (χ4n) is 3.26. The molecule has 9 heteroatoms. The molecule has 1 unspecified atom stereocenters. The highest BCUT2D eigenvalue weighted by molar-refractivity contribution is 7.89. The first-order valence-electron chi connectivity index (χ1n) is 9.39. The number of nitrogens with one attached hydrogen (secondary N) is 1. The lowest BCUT2D eigenvalue weighted by molar-refractivity contribution is 0.418. The maximum absolute atomic E-state index is 14.2. The van der Waals surface area contributed by atoms with Gasteiger partial charge in [0.2, 0.25) is 0 Å². The molecular weight excluding hydrogens is 436 g/mol. The predicted octanol–water partition coefficient (Wildman–Crippen LogP) is 4.89. The minimum absolute atomic E-state index is 0.180. The number of pyridine rings is 2. The lowest BCUT2D eigenvalue weighted by Gasteiger charge is -2.16. The summed E-state index contributed by atoms with van der Waals surface area (Å²) in [5.74, 6) is -1.99. The Kier molecular flexibility index (Phi) is 5.83. The number of fused-ring (bicyclic) bond motifs is 1. The van der Waals surface area contributed by atoms with Crippen LogP contribution in [0.2, 0.25) is 0 Å². The minimum atomic E-state index is -1.52. The normalized spacial score (nSPS) is 11.8. The number of benzene rings is 2. The molecule has 6 nitrogen and oxygen atoms in total. The van der Waals surface area contributed by atoms with Crippen LogP contribution in [0.4, 0.5) is 14.5 Å². The summed E-state index contributed by atoms with van der Waals surface area (Å²) in [6, 6.07) is 12.5. The first kappa shape index (κ1) is 21.4. The van der Waals surface area contributed by atoms with Gasteiger partial charge in [0.05, 0.1) is 6.20 Å². The number of ether oxygens (including phenoxy) is 1. The molecule has 162 valence electrons. The highest BCUT2D eigenvalue weighted by atomic mass is 32.2. The van der Waals surface area contributed by atoms with Crippen LogP contribution >= 0.6 is 0 Å². The van der Waals surface area contributed by atoms with Crippen LogP contribution in [0.15, 0.2) is 77.7 Å². The molecule has 0 spiro atoms. The van der Waals surface area contributed by atoms with Crippen molar-refractivity contribution in [2.75, 3.05) is 4.72 Å². The van der Waals surface area contributed by atoms with Gasteiger partial charge in [-0.15, -0.1) is 0 Å². The van der Waals surface area contributed by atoms with Crippen molar-refractivity contribution >= 4 is 27.4 Å². The fraction of sp³-hybridized carbons (Fsp3) is 0.0435. The van der Waals surface area contributed by atoms with Crippen LogP contribution in [-0.4, -0.2) is 13.8 Å². The largest absolute Gasteiger partial charge is 0.436 e. The lowest BCUT2D eigenvalue weighted by Crippen LogP contribution is -2.16. The van der Waals surface area contributed by atoms with Crippen LogP contribution in [0, 0.1) is 11.6 Å². The van der Waals surface area contributed by atoms with E-state index >= 15 is 0 Å². The van der Waals surface area contributed by atoms with E-state index in [4.69, 9.17) is 4.74 Å². The smallest absolute Gasteiger partial charge is 0.258 e. The molecule has 2 aromatic carbocycles. The molecule has 0 radical (unpaired) electrons. The van der Waals surface area contributed by atoms with Crippen molar-refractivity contribution in [3.63, 3.8) is 0 Å². The first-order chi connectivity index (χ1) is 15.4. The molecule has 2 aromatic heterocycles. The summed E-state index contributed by atoms with van der Waals surface area (Å²) < 4.78 is 49.3. The van der Waals surface area contributed by atoms with E-state index in [1.807, 2.05) is 0 Å². The molecule has 0 saturated carbocycles. The zero-order valence-electron chi connectivity index (χ0n) is 16.8. The second-order valence-corrected chi connectivity index (χ2v) is 7.96. The van der Waals surface area contributed by atoms with Crippen molar-refractivity contribution in [2.24, 2.45) is 7.05 Å². The first-order valence-corrected chi connectivity index (χ1v) is 10.6. The van der Waals surface area contributed by atoms with Crippen molar-refractivity contribution < 1.29 is 17.7 Å². The second kappa shape index (κ2) is 8.72. The number of hydrogen-bond acceptors (Lipinski definition) is 4. The van der Waals surface area contributed by atoms with E-state index in [1.165, 1.54) is 9.98 Å². The molecule has 1 atom stereocenters. The van der Waals surface area contributed by atoms with Crippen LogP contribution in [0.1, 0.15) is 0 Å². The Bertz CT molecular complexity index is 1440. The molecule has 0 amide bonds. The van der Waals surface area contributed by atoms with E-state index in [9.17, 15) is 17.8 Å². The van der Waals surface area contributed by atoms with Crippen LogP contribution in [0.25, 0.3) is 21.9 Å². The van der Waals surface area contributed by atoms with Gasteiger partial charge >= 0.3 is 0 Å². The molecule has 0 fully saturated rings. The predicted molar refractivity (Wildman–Crippen MR) is 121 cm³/mol. The van der Waals surface area contributed by atoms with Crippen LogP contribution < -0.4 is 15.0 Å². The van der Waals surface area contributed by atoms with Crippen molar-refractivity contribution in [2.45, 2.75) is 0 Å². The standard InChI is InChI=1S/C23H17F2N3O3S/c1-3-32(30)27-15-8-9-21(31-22-20(25)10-14(24)12-26-22)18(11-15)19-13-28(2)23(29)17-7-5-4-6-16(17)19/h3-13,27H,1H2,2H3. The Hall–Kier alpha value is -3.85. The van der Waals surface area contributed by atoms with Crippen molar-refractivity contribution in [1.82, 2.24) is 9.55 Å². The SMILES string of the molecule is C=CS(=O)Nc1ccc(Oc2ncc(F)cc2F)c(-c2cn(C)c(=O)c3ccccc23)c1. The maximum atomic E-state index is 14.2. The molecule has 4 aromatic rings. The summed E-state index contributed by atoms with van der Waals surface area (Å²) in [6.45, 7) is 3.48. The fourth-order valence-corrected chi connectivity index (χ4v) is 3.71. The number of aryl methyl sites for hydroxylation is 1. The van der Waals surface area contributed by atoms with Gasteiger partial charge in [0.25, 0.3) is 11.4 Å². The molecule has 0 aliphatic rings. The van der Waals surface area contributed by atoms with Crippen LogP contribution in [0.5, 0.6) is 11.6 Å². The monoisotopic (exact) mass is 453 g/mol. The third-order valence-electron chi connectivity index (χ3n) is 4.71. The van der Waals surface area contributed by atoms with Gasteiger partial charge < -0.3 is 14.0 Å². The van der Waals surface area contributed by atoms with E-state index in [0.29, 0.717) is 33.7 Å². The van der Waals surface area contributed by atoms with E-state index in [1.54, 1.807) is 55.7 Å². The topological polar surface area (TPSA) is 73.2 Å². The third-order valence-corrected chi connectivity index (χ3v) is 5.45. The Morgan fingerprint density at radius 1 is 1.12 bits per heavy atom. The van der Waals surface area contributed by atoms with Crippen molar-refractivity contribution in [3.05, 3.63) is 94.9 Å².